The highest BCUT2D eigenvalue weighted by molar-refractivity contribution is 6.03. The van der Waals surface area contributed by atoms with E-state index < -0.39 is 66.7 Å². The van der Waals surface area contributed by atoms with Gasteiger partial charge in [0.15, 0.2) is 24.3 Å². The lowest BCUT2D eigenvalue weighted by Gasteiger charge is -2.45. The van der Waals surface area contributed by atoms with Crippen molar-refractivity contribution in [3.63, 3.8) is 0 Å². The second-order valence-electron chi connectivity index (χ2n) is 12.7. The van der Waals surface area contributed by atoms with Crippen LogP contribution in [0, 0.1) is 5.92 Å². The van der Waals surface area contributed by atoms with E-state index in [4.69, 9.17) is 37.9 Å². The number of aliphatic hydroxyl groups is 1. The van der Waals surface area contributed by atoms with Crippen LogP contribution in [0.4, 0.5) is 4.79 Å². The first-order valence-electron chi connectivity index (χ1n) is 17.1. The maximum atomic E-state index is 13.5. The van der Waals surface area contributed by atoms with Crippen molar-refractivity contribution in [1.82, 2.24) is 4.90 Å². The van der Waals surface area contributed by atoms with Crippen LogP contribution in [0.1, 0.15) is 31.4 Å². The van der Waals surface area contributed by atoms with Crippen LogP contribution in [0.2, 0.25) is 0 Å². The summed E-state index contributed by atoms with van der Waals surface area (Å²) in [6.07, 6.45) is -2.34. The molecule has 0 aromatic heterocycles. The van der Waals surface area contributed by atoms with Crippen molar-refractivity contribution in [3.8, 4) is 0 Å². The normalized spacial score (nSPS) is 27.8. The molecule has 2 saturated heterocycles. The number of allylic oxidation sites excluding steroid dienone is 1. The van der Waals surface area contributed by atoms with Gasteiger partial charge in [0, 0.05) is 14.2 Å². The standard InChI is InChI=1S/C38H47NO12/c1-24(2)28-23-49-38(43)39(28)36(42)34(44-3)31-29(41)18-17-27(50-31)16-11-19-46-35-33(48-22-26-14-9-6-10-15-26)32(30(20-40)51-37(35)45-4)47-21-25-12-7-5-8-13-25/h5-10,12-18,24,28,30-35,37,40H,11,19-23H2,1-4H3/t28-,30+,31-,32+,33-,34+,35-,37-/m0/s1. The lowest BCUT2D eigenvalue weighted by molar-refractivity contribution is -0.319. The quantitative estimate of drug-likeness (QED) is 0.253. The minimum atomic E-state index is -1.37. The van der Waals surface area contributed by atoms with Crippen LogP contribution >= 0.6 is 0 Å². The minimum absolute atomic E-state index is 0.0629. The predicted molar refractivity (Wildman–Crippen MR) is 182 cm³/mol. The lowest BCUT2D eigenvalue weighted by Crippen LogP contribution is -2.61. The molecular weight excluding hydrogens is 662 g/mol. The van der Waals surface area contributed by atoms with Gasteiger partial charge in [0.05, 0.1) is 32.5 Å². The zero-order chi connectivity index (χ0) is 36.3. The highest BCUT2D eigenvalue weighted by Gasteiger charge is 2.49. The maximum absolute atomic E-state index is 13.5. The number of carbonyl (C=O) groups excluding carboxylic acids is 3. The molecule has 2 aromatic carbocycles. The van der Waals surface area contributed by atoms with E-state index in [2.05, 4.69) is 0 Å². The van der Waals surface area contributed by atoms with E-state index in [1.54, 1.807) is 6.08 Å². The molecule has 0 aliphatic carbocycles. The Morgan fingerprint density at radius 2 is 1.57 bits per heavy atom. The van der Waals surface area contributed by atoms with Crippen molar-refractivity contribution < 1.29 is 57.4 Å². The molecule has 13 nitrogen and oxygen atoms in total. The number of carbonyl (C=O) groups is 3. The summed E-state index contributed by atoms with van der Waals surface area (Å²) in [5.74, 6) is -0.915. The fraction of sp³-hybridized carbons (Fsp3) is 0.500. The van der Waals surface area contributed by atoms with Crippen LogP contribution in [-0.4, -0.2) is 111 Å². The van der Waals surface area contributed by atoms with Gasteiger partial charge in [-0.2, -0.15) is 0 Å². The molecule has 0 radical (unpaired) electrons. The highest BCUT2D eigenvalue weighted by atomic mass is 16.7. The van der Waals surface area contributed by atoms with Crippen LogP contribution in [0.3, 0.4) is 0 Å². The predicted octanol–water partition coefficient (Wildman–Crippen LogP) is 3.72. The number of hydrogen-bond donors (Lipinski definition) is 1. The molecule has 0 bridgehead atoms. The van der Waals surface area contributed by atoms with Crippen molar-refractivity contribution in [3.05, 3.63) is 95.8 Å². The number of ketones is 1. The number of aliphatic hydroxyl groups excluding tert-OH is 1. The van der Waals surface area contributed by atoms with Gasteiger partial charge in [-0.25, -0.2) is 9.69 Å². The number of cyclic esters (lactones) is 1. The number of amides is 2. The molecule has 8 atom stereocenters. The van der Waals surface area contributed by atoms with E-state index in [1.165, 1.54) is 26.4 Å². The first-order chi connectivity index (χ1) is 24.7. The van der Waals surface area contributed by atoms with Gasteiger partial charge < -0.3 is 43.0 Å². The smallest absolute Gasteiger partial charge is 0.417 e. The van der Waals surface area contributed by atoms with E-state index in [-0.39, 0.29) is 39.0 Å². The minimum Gasteiger partial charge on any atom is -0.479 e. The molecule has 3 heterocycles. The first kappa shape index (κ1) is 38.3. The molecule has 3 aliphatic heterocycles. The van der Waals surface area contributed by atoms with Crippen molar-refractivity contribution in [1.29, 1.82) is 0 Å². The summed E-state index contributed by atoms with van der Waals surface area (Å²) in [5, 5.41) is 10.3. The number of benzene rings is 2. The third-order valence-corrected chi connectivity index (χ3v) is 8.99. The Morgan fingerprint density at radius 3 is 2.16 bits per heavy atom. The highest BCUT2D eigenvalue weighted by Crippen LogP contribution is 2.31. The second kappa shape index (κ2) is 18.5. The van der Waals surface area contributed by atoms with Gasteiger partial charge in [-0.15, -0.1) is 0 Å². The average molecular weight is 710 g/mol. The number of nitrogens with zero attached hydrogens (tertiary/aromatic N) is 1. The molecule has 2 fully saturated rings. The number of methoxy groups -OCH3 is 2. The molecule has 51 heavy (non-hydrogen) atoms. The zero-order valence-corrected chi connectivity index (χ0v) is 29.3. The van der Waals surface area contributed by atoms with E-state index in [0.717, 1.165) is 16.0 Å². The Kier molecular flexibility index (Phi) is 13.9. The molecule has 13 heteroatoms. The maximum Gasteiger partial charge on any atom is 0.417 e. The van der Waals surface area contributed by atoms with E-state index in [9.17, 15) is 19.5 Å². The topological polar surface area (TPSA) is 149 Å². The molecule has 0 spiro atoms. The van der Waals surface area contributed by atoms with Gasteiger partial charge in [0.2, 0.25) is 0 Å². The molecule has 1 N–H and O–H groups in total. The molecule has 5 rings (SSSR count). The number of ether oxygens (including phenoxy) is 8. The van der Waals surface area contributed by atoms with Gasteiger partial charge >= 0.3 is 6.09 Å². The molecule has 0 unspecified atom stereocenters. The molecule has 2 aromatic rings. The SMILES string of the molecule is CO[C@H]1O[C@H](CO)[C@@H](OCc2ccccc2)[C@H](OCc2ccccc2)[C@@H]1OCCC=C1C=CC(=O)[C@@H]([C@@H](OC)C(=O)N2C(=O)OC[C@H]2C(C)C)O1. The fourth-order valence-electron chi connectivity index (χ4n) is 6.22. The van der Waals surface area contributed by atoms with Gasteiger partial charge in [0.1, 0.15) is 36.8 Å². The van der Waals surface area contributed by atoms with Crippen molar-refractivity contribution in [2.24, 2.45) is 5.92 Å². The summed E-state index contributed by atoms with van der Waals surface area (Å²) in [4.78, 5) is 39.8. The molecule has 2 amide bonds. The van der Waals surface area contributed by atoms with Crippen molar-refractivity contribution >= 4 is 17.8 Å². The van der Waals surface area contributed by atoms with Gasteiger partial charge in [-0.1, -0.05) is 74.5 Å². The van der Waals surface area contributed by atoms with Crippen LogP contribution in [0.15, 0.2) is 84.7 Å². The van der Waals surface area contributed by atoms with E-state index >= 15 is 0 Å². The van der Waals surface area contributed by atoms with Crippen LogP contribution < -0.4 is 0 Å². The lowest BCUT2D eigenvalue weighted by atomic mass is 9.98. The van der Waals surface area contributed by atoms with E-state index in [0.29, 0.717) is 12.2 Å². The Bertz CT molecular complexity index is 1500. The van der Waals surface area contributed by atoms with Gasteiger partial charge in [0.25, 0.3) is 5.91 Å². The molecule has 0 saturated carbocycles. The third kappa shape index (κ3) is 9.49. The summed E-state index contributed by atoms with van der Waals surface area (Å²) in [5.41, 5.74) is 1.90. The molecule has 3 aliphatic rings. The number of hydrogen-bond acceptors (Lipinski definition) is 12. The Labute approximate surface area is 298 Å². The average Bonchev–Trinajstić information content (AvgIpc) is 3.55. The summed E-state index contributed by atoms with van der Waals surface area (Å²) in [6, 6.07) is 18.9. The Morgan fingerprint density at radius 1 is 0.922 bits per heavy atom. The van der Waals surface area contributed by atoms with Crippen LogP contribution in [-0.2, 0) is 60.7 Å². The van der Waals surface area contributed by atoms with Crippen LogP contribution in [0.25, 0.3) is 0 Å². The zero-order valence-electron chi connectivity index (χ0n) is 29.3. The van der Waals surface area contributed by atoms with Crippen molar-refractivity contribution in [2.75, 3.05) is 34.0 Å². The third-order valence-electron chi connectivity index (χ3n) is 8.99. The Balaban J connectivity index is 1.27. The largest absolute Gasteiger partial charge is 0.479 e. The molecular formula is C38H47NO12. The summed E-state index contributed by atoms with van der Waals surface area (Å²) in [7, 11) is 2.78. The van der Waals surface area contributed by atoms with E-state index in [1.807, 2.05) is 74.5 Å². The van der Waals surface area contributed by atoms with Crippen LogP contribution in [0.5, 0.6) is 0 Å². The first-order valence-corrected chi connectivity index (χ1v) is 17.1. The number of imide groups is 1. The van der Waals surface area contributed by atoms with Crippen molar-refractivity contribution in [2.45, 2.75) is 82.4 Å². The van der Waals surface area contributed by atoms with Gasteiger partial charge in [-0.05, 0) is 41.7 Å². The monoisotopic (exact) mass is 709 g/mol. The number of rotatable bonds is 16. The second-order valence-corrected chi connectivity index (χ2v) is 12.7. The fourth-order valence-corrected chi connectivity index (χ4v) is 6.22. The molecule has 276 valence electrons. The Hall–Kier alpha value is -3.95. The summed E-state index contributed by atoms with van der Waals surface area (Å²) < 4.78 is 47.4. The summed E-state index contributed by atoms with van der Waals surface area (Å²) >= 11 is 0. The summed E-state index contributed by atoms with van der Waals surface area (Å²) in [6.45, 7) is 4.17. The van der Waals surface area contributed by atoms with Gasteiger partial charge in [-0.3, -0.25) is 9.59 Å².